The van der Waals surface area contributed by atoms with Crippen molar-refractivity contribution in [3.05, 3.63) is 65.2 Å². The van der Waals surface area contributed by atoms with Gasteiger partial charge in [0.25, 0.3) is 5.91 Å². The second-order valence-corrected chi connectivity index (χ2v) is 5.36. The maximum atomic E-state index is 13.0. The fourth-order valence-corrected chi connectivity index (χ4v) is 2.12. The Hall–Kier alpha value is -3.10. The Bertz CT molecular complexity index is 776. The van der Waals surface area contributed by atoms with Gasteiger partial charge in [0.05, 0.1) is 5.56 Å². The summed E-state index contributed by atoms with van der Waals surface area (Å²) in [5.41, 5.74) is 0.426. The maximum Gasteiger partial charge on any atom is 0.387 e. The SMILES string of the molecule is O=C(COC(=O)c1cc(F)cc(F)c1)NCCc1ccc(OC(F)F)cc1. The first-order chi connectivity index (χ1) is 12.8. The lowest BCUT2D eigenvalue weighted by atomic mass is 10.1. The Morgan fingerprint density at radius 3 is 2.22 bits per heavy atom. The third-order valence-corrected chi connectivity index (χ3v) is 3.32. The fourth-order valence-electron chi connectivity index (χ4n) is 2.12. The Labute approximate surface area is 151 Å². The third-order valence-electron chi connectivity index (χ3n) is 3.32. The summed E-state index contributed by atoms with van der Waals surface area (Å²) in [5.74, 6) is -3.47. The molecule has 0 radical (unpaired) electrons. The average Bonchev–Trinajstić information content (AvgIpc) is 2.60. The molecule has 1 N–H and O–H groups in total. The van der Waals surface area contributed by atoms with Crippen molar-refractivity contribution >= 4 is 11.9 Å². The molecule has 144 valence electrons. The summed E-state index contributed by atoms with van der Waals surface area (Å²) in [7, 11) is 0. The molecule has 0 aromatic heterocycles. The molecular formula is C18H15F4NO4. The van der Waals surface area contributed by atoms with Crippen molar-refractivity contribution in [2.24, 2.45) is 0 Å². The van der Waals surface area contributed by atoms with Crippen molar-refractivity contribution in [3.63, 3.8) is 0 Å². The van der Waals surface area contributed by atoms with Gasteiger partial charge in [-0.15, -0.1) is 0 Å². The number of hydrogen-bond donors (Lipinski definition) is 1. The lowest BCUT2D eigenvalue weighted by Crippen LogP contribution is -2.30. The van der Waals surface area contributed by atoms with Gasteiger partial charge in [0.15, 0.2) is 6.61 Å². The maximum absolute atomic E-state index is 13.0. The number of amides is 1. The van der Waals surface area contributed by atoms with Crippen molar-refractivity contribution in [2.75, 3.05) is 13.2 Å². The lowest BCUT2D eigenvalue weighted by molar-refractivity contribution is -0.124. The molecule has 0 atom stereocenters. The highest BCUT2D eigenvalue weighted by atomic mass is 19.3. The molecule has 9 heteroatoms. The minimum atomic E-state index is -2.90. The smallest absolute Gasteiger partial charge is 0.387 e. The minimum absolute atomic E-state index is 0.0264. The van der Waals surface area contributed by atoms with Crippen molar-refractivity contribution in [3.8, 4) is 5.75 Å². The zero-order chi connectivity index (χ0) is 19.8. The van der Waals surface area contributed by atoms with Crippen LogP contribution in [0, 0.1) is 11.6 Å². The van der Waals surface area contributed by atoms with Crippen molar-refractivity contribution in [1.82, 2.24) is 5.32 Å². The lowest BCUT2D eigenvalue weighted by Gasteiger charge is -2.08. The largest absolute Gasteiger partial charge is 0.452 e. The summed E-state index contributed by atoms with van der Waals surface area (Å²) in [6, 6.07) is 8.10. The van der Waals surface area contributed by atoms with E-state index < -0.39 is 36.7 Å². The Morgan fingerprint density at radius 1 is 1.00 bits per heavy atom. The predicted molar refractivity (Wildman–Crippen MR) is 86.4 cm³/mol. The van der Waals surface area contributed by atoms with Gasteiger partial charge in [-0.05, 0) is 36.2 Å². The summed E-state index contributed by atoms with van der Waals surface area (Å²) in [4.78, 5) is 23.3. The summed E-state index contributed by atoms with van der Waals surface area (Å²) in [6.45, 7) is -3.31. The van der Waals surface area contributed by atoms with Crippen LogP contribution in [0.25, 0.3) is 0 Å². The van der Waals surface area contributed by atoms with Gasteiger partial charge in [-0.25, -0.2) is 13.6 Å². The first-order valence-electron chi connectivity index (χ1n) is 7.77. The van der Waals surface area contributed by atoms with Crippen LogP contribution in [-0.2, 0) is 16.0 Å². The van der Waals surface area contributed by atoms with E-state index in [1.54, 1.807) is 12.1 Å². The summed E-state index contributed by atoms with van der Waals surface area (Å²) < 4.78 is 59.1. The number of halogens is 4. The number of carbonyl (C=O) groups excluding carboxylic acids is 2. The van der Waals surface area contributed by atoms with Crippen molar-refractivity contribution < 1.29 is 36.6 Å². The van der Waals surface area contributed by atoms with Gasteiger partial charge < -0.3 is 14.8 Å². The zero-order valence-corrected chi connectivity index (χ0v) is 13.9. The molecule has 27 heavy (non-hydrogen) atoms. The van der Waals surface area contributed by atoms with E-state index in [0.717, 1.165) is 17.7 Å². The molecular weight excluding hydrogens is 370 g/mol. The molecule has 0 heterocycles. The van der Waals surface area contributed by atoms with Gasteiger partial charge in [-0.1, -0.05) is 12.1 Å². The van der Waals surface area contributed by atoms with Gasteiger partial charge in [0, 0.05) is 12.6 Å². The topological polar surface area (TPSA) is 64.6 Å². The predicted octanol–water partition coefficient (Wildman–Crippen LogP) is 3.08. The van der Waals surface area contributed by atoms with Crippen molar-refractivity contribution in [2.45, 2.75) is 13.0 Å². The Kier molecular flexibility index (Phi) is 7.16. The molecule has 0 aliphatic rings. The fraction of sp³-hybridized carbons (Fsp3) is 0.222. The molecule has 0 fully saturated rings. The third kappa shape index (κ3) is 6.96. The highest BCUT2D eigenvalue weighted by Gasteiger charge is 2.12. The molecule has 2 aromatic carbocycles. The molecule has 0 spiro atoms. The van der Waals surface area contributed by atoms with E-state index >= 15 is 0 Å². The number of carbonyl (C=O) groups is 2. The van der Waals surface area contributed by atoms with E-state index in [-0.39, 0.29) is 17.9 Å². The zero-order valence-electron chi connectivity index (χ0n) is 13.9. The van der Waals surface area contributed by atoms with Crippen LogP contribution in [-0.4, -0.2) is 31.6 Å². The summed E-state index contributed by atoms with van der Waals surface area (Å²) >= 11 is 0. The molecule has 2 rings (SSSR count). The number of nitrogens with one attached hydrogen (secondary N) is 1. The van der Waals surface area contributed by atoms with E-state index in [4.69, 9.17) is 0 Å². The van der Waals surface area contributed by atoms with Crippen LogP contribution in [0.1, 0.15) is 15.9 Å². The minimum Gasteiger partial charge on any atom is -0.452 e. The number of ether oxygens (including phenoxy) is 2. The van der Waals surface area contributed by atoms with Gasteiger partial charge in [0.1, 0.15) is 17.4 Å². The van der Waals surface area contributed by atoms with E-state index in [9.17, 15) is 27.2 Å². The Balaban J connectivity index is 1.72. The molecule has 5 nitrogen and oxygen atoms in total. The monoisotopic (exact) mass is 385 g/mol. The molecule has 0 unspecified atom stereocenters. The van der Waals surface area contributed by atoms with Gasteiger partial charge >= 0.3 is 12.6 Å². The van der Waals surface area contributed by atoms with Gasteiger partial charge in [-0.2, -0.15) is 8.78 Å². The van der Waals surface area contributed by atoms with Crippen LogP contribution in [0.2, 0.25) is 0 Å². The standard InChI is InChI=1S/C18H15F4NO4/c19-13-7-12(8-14(20)9-13)17(25)26-10-16(24)23-6-5-11-1-3-15(4-2-11)27-18(21)22/h1-4,7-9,18H,5-6,10H2,(H,23,24). The number of benzene rings is 2. The highest BCUT2D eigenvalue weighted by Crippen LogP contribution is 2.15. The van der Waals surface area contributed by atoms with Crippen LogP contribution in [0.15, 0.2) is 42.5 Å². The number of esters is 1. The van der Waals surface area contributed by atoms with Crippen molar-refractivity contribution in [1.29, 1.82) is 0 Å². The highest BCUT2D eigenvalue weighted by molar-refractivity contribution is 5.91. The van der Waals surface area contributed by atoms with E-state index in [1.807, 2.05) is 0 Å². The van der Waals surface area contributed by atoms with Crippen LogP contribution in [0.5, 0.6) is 5.75 Å². The first-order valence-corrected chi connectivity index (χ1v) is 7.77. The molecule has 0 aliphatic carbocycles. The molecule has 1 amide bonds. The normalized spacial score (nSPS) is 10.6. The van der Waals surface area contributed by atoms with E-state index in [2.05, 4.69) is 14.8 Å². The summed E-state index contributed by atoms with van der Waals surface area (Å²) in [5, 5.41) is 2.49. The van der Waals surface area contributed by atoms with Gasteiger partial charge in [0.2, 0.25) is 0 Å². The number of rotatable bonds is 8. The molecule has 0 saturated carbocycles. The first kappa shape index (κ1) is 20.2. The second kappa shape index (κ2) is 9.56. The van der Waals surface area contributed by atoms with Gasteiger partial charge in [-0.3, -0.25) is 4.79 Å². The van der Waals surface area contributed by atoms with Crippen LogP contribution >= 0.6 is 0 Å². The molecule has 2 aromatic rings. The van der Waals surface area contributed by atoms with E-state index in [0.29, 0.717) is 12.5 Å². The number of alkyl halides is 2. The van der Waals surface area contributed by atoms with Crippen LogP contribution in [0.4, 0.5) is 17.6 Å². The average molecular weight is 385 g/mol. The molecule has 0 bridgehead atoms. The molecule has 0 aliphatic heterocycles. The van der Waals surface area contributed by atoms with Crippen LogP contribution in [0.3, 0.4) is 0 Å². The quantitative estimate of drug-likeness (QED) is 0.560. The molecule has 0 saturated heterocycles. The summed E-state index contributed by atoms with van der Waals surface area (Å²) in [6.07, 6.45) is 0.407. The van der Waals surface area contributed by atoms with Crippen LogP contribution < -0.4 is 10.1 Å². The van der Waals surface area contributed by atoms with E-state index in [1.165, 1.54) is 12.1 Å². The second-order valence-electron chi connectivity index (χ2n) is 5.36. The number of hydrogen-bond acceptors (Lipinski definition) is 4. The Morgan fingerprint density at radius 2 is 1.63 bits per heavy atom.